The molecule has 6 aromatic carbocycles. The molecule has 0 spiro atoms. The van der Waals surface area contributed by atoms with Crippen LogP contribution in [0, 0.1) is 0 Å². The normalized spacial score (nSPS) is 11.0. The van der Waals surface area contributed by atoms with Crippen LogP contribution in [0.4, 0.5) is 0 Å². The summed E-state index contributed by atoms with van der Waals surface area (Å²) < 4.78 is 0. The summed E-state index contributed by atoms with van der Waals surface area (Å²) in [6, 6.07) is 48.5. The van der Waals surface area contributed by atoms with Gasteiger partial charge in [-0.1, -0.05) is 133 Å². The van der Waals surface area contributed by atoms with Crippen molar-refractivity contribution >= 4 is 33.1 Å². The molecule has 7 rings (SSSR count). The van der Waals surface area contributed by atoms with Gasteiger partial charge in [0.25, 0.3) is 0 Å². The topological polar surface area (TPSA) is 47.0 Å². The van der Waals surface area contributed by atoms with Gasteiger partial charge in [0.2, 0.25) is 0 Å². The molecule has 1 aromatic heterocycles. The first-order valence-corrected chi connectivity index (χ1v) is 13.9. The van der Waals surface area contributed by atoms with Crippen LogP contribution in [0.2, 0.25) is 0 Å². The van der Waals surface area contributed by atoms with Crippen molar-refractivity contribution in [2.24, 2.45) is 0 Å². The van der Waals surface area contributed by atoms with E-state index in [1.807, 2.05) is 84.9 Å². The minimum atomic E-state index is -0.182. The number of pyridine rings is 1. The van der Waals surface area contributed by atoms with Crippen molar-refractivity contribution in [1.82, 2.24) is 4.98 Å². The third-order valence-electron chi connectivity index (χ3n) is 7.63. The molecule has 0 aliphatic carbocycles. The first kappa shape index (κ1) is 25.3. The molecular formula is C39H25NO2. The van der Waals surface area contributed by atoms with Crippen molar-refractivity contribution in [3.05, 3.63) is 174 Å². The zero-order chi connectivity index (χ0) is 28.5. The number of carbonyl (C=O) groups excluding carboxylic acids is 2. The van der Waals surface area contributed by atoms with Crippen molar-refractivity contribution in [2.75, 3.05) is 0 Å². The van der Waals surface area contributed by atoms with Gasteiger partial charge in [0.15, 0.2) is 11.6 Å². The highest BCUT2D eigenvalue weighted by Gasteiger charge is 2.24. The number of rotatable bonds is 6. The lowest BCUT2D eigenvalue weighted by Gasteiger charge is -2.16. The Labute approximate surface area is 243 Å². The summed E-state index contributed by atoms with van der Waals surface area (Å²) in [7, 11) is 0. The molecule has 1 heterocycles. The quantitative estimate of drug-likeness (QED) is 0.198. The molecule has 0 unspecified atom stereocenters. The van der Waals surface area contributed by atoms with Gasteiger partial charge in [0, 0.05) is 33.4 Å². The van der Waals surface area contributed by atoms with Crippen LogP contribution in [0.25, 0.3) is 44.1 Å². The fourth-order valence-electron chi connectivity index (χ4n) is 5.46. The van der Waals surface area contributed by atoms with Crippen LogP contribution in [-0.4, -0.2) is 16.6 Å². The highest BCUT2D eigenvalue weighted by molar-refractivity contribution is 6.17. The summed E-state index contributed by atoms with van der Waals surface area (Å²) in [6.45, 7) is 0. The van der Waals surface area contributed by atoms with Crippen LogP contribution in [-0.2, 0) is 0 Å². The number of carbonyl (C=O) groups is 2. The SMILES string of the molecule is O=C(c1ccccc1)c1cc(C(=O)c2ccccc2)c(-c2ccc3ccccc3c2)nc1-c1ccc2ccccc2c1. The van der Waals surface area contributed by atoms with Gasteiger partial charge < -0.3 is 0 Å². The molecule has 3 heteroatoms. The van der Waals surface area contributed by atoms with Gasteiger partial charge in [-0.15, -0.1) is 0 Å². The number of ketones is 2. The zero-order valence-electron chi connectivity index (χ0n) is 22.7. The van der Waals surface area contributed by atoms with Crippen molar-refractivity contribution in [3.63, 3.8) is 0 Å². The summed E-state index contributed by atoms with van der Waals surface area (Å²) >= 11 is 0. The smallest absolute Gasteiger partial charge is 0.195 e. The average Bonchev–Trinajstić information content (AvgIpc) is 3.07. The van der Waals surface area contributed by atoms with Gasteiger partial charge in [0.05, 0.1) is 11.4 Å². The lowest BCUT2D eigenvalue weighted by Crippen LogP contribution is -2.12. The first-order valence-electron chi connectivity index (χ1n) is 13.9. The van der Waals surface area contributed by atoms with E-state index in [0.717, 1.165) is 32.7 Å². The highest BCUT2D eigenvalue weighted by atomic mass is 16.1. The monoisotopic (exact) mass is 539 g/mol. The van der Waals surface area contributed by atoms with Crippen LogP contribution in [0.1, 0.15) is 31.8 Å². The Kier molecular flexibility index (Phi) is 6.46. The number of nitrogens with zero attached hydrogens (tertiary/aromatic N) is 1. The van der Waals surface area contributed by atoms with E-state index in [1.54, 1.807) is 30.3 Å². The fourth-order valence-corrected chi connectivity index (χ4v) is 5.46. The van der Waals surface area contributed by atoms with Crippen molar-refractivity contribution < 1.29 is 9.59 Å². The minimum Gasteiger partial charge on any atom is -0.289 e. The van der Waals surface area contributed by atoms with Gasteiger partial charge in [0.1, 0.15) is 0 Å². The third-order valence-corrected chi connectivity index (χ3v) is 7.63. The molecule has 0 N–H and O–H groups in total. The molecule has 0 bridgehead atoms. The Balaban J connectivity index is 1.53. The Morgan fingerprint density at radius 1 is 0.381 bits per heavy atom. The number of fused-ring (bicyclic) bond motifs is 2. The molecule has 7 aromatic rings. The number of hydrogen-bond acceptors (Lipinski definition) is 3. The van der Waals surface area contributed by atoms with Crippen LogP contribution < -0.4 is 0 Å². The van der Waals surface area contributed by atoms with E-state index in [0.29, 0.717) is 33.6 Å². The van der Waals surface area contributed by atoms with E-state index in [9.17, 15) is 9.59 Å². The zero-order valence-corrected chi connectivity index (χ0v) is 22.7. The number of aromatic nitrogens is 1. The maximum absolute atomic E-state index is 14.1. The lowest BCUT2D eigenvalue weighted by atomic mass is 9.90. The summed E-state index contributed by atoms with van der Waals surface area (Å²) in [4.78, 5) is 33.4. The number of hydrogen-bond donors (Lipinski definition) is 0. The molecule has 0 aliphatic rings. The molecule has 0 radical (unpaired) electrons. The summed E-state index contributed by atoms with van der Waals surface area (Å²) in [5, 5.41) is 4.30. The Morgan fingerprint density at radius 2 is 0.762 bits per heavy atom. The molecule has 0 atom stereocenters. The molecule has 42 heavy (non-hydrogen) atoms. The van der Waals surface area contributed by atoms with Gasteiger partial charge in [-0.05, 0) is 39.7 Å². The Bertz CT molecular complexity index is 1960. The summed E-state index contributed by atoms with van der Waals surface area (Å²) in [5.74, 6) is -0.364. The van der Waals surface area contributed by atoms with Crippen molar-refractivity contribution in [2.45, 2.75) is 0 Å². The maximum atomic E-state index is 14.1. The van der Waals surface area contributed by atoms with E-state index in [2.05, 4.69) is 36.4 Å². The van der Waals surface area contributed by atoms with Crippen LogP contribution in [0.3, 0.4) is 0 Å². The maximum Gasteiger partial charge on any atom is 0.195 e. The second-order valence-corrected chi connectivity index (χ2v) is 10.3. The molecule has 0 amide bonds. The molecular weight excluding hydrogens is 514 g/mol. The third kappa shape index (κ3) is 4.67. The van der Waals surface area contributed by atoms with E-state index >= 15 is 0 Å². The number of benzene rings is 6. The fraction of sp³-hybridized carbons (Fsp3) is 0. The van der Waals surface area contributed by atoms with E-state index in [1.165, 1.54) is 0 Å². The molecule has 0 fully saturated rings. The standard InChI is InChI=1S/C39H25NO2/c41-38(28-13-3-1-4-14-28)34-25-35(39(42)29-15-5-2-6-16-29)37(33-22-20-27-12-8-10-18-31(27)24-33)40-36(34)32-21-19-26-11-7-9-17-30(26)23-32/h1-25H. The molecule has 3 nitrogen and oxygen atoms in total. The molecule has 0 aliphatic heterocycles. The Morgan fingerprint density at radius 3 is 1.19 bits per heavy atom. The van der Waals surface area contributed by atoms with Crippen molar-refractivity contribution in [1.29, 1.82) is 0 Å². The van der Waals surface area contributed by atoms with Crippen LogP contribution >= 0.6 is 0 Å². The average molecular weight is 540 g/mol. The summed E-state index contributed by atoms with van der Waals surface area (Å²) in [5.41, 5.74) is 4.57. The highest BCUT2D eigenvalue weighted by Crippen LogP contribution is 2.34. The second kappa shape index (κ2) is 10.7. The van der Waals surface area contributed by atoms with Gasteiger partial charge in [-0.25, -0.2) is 4.98 Å². The largest absolute Gasteiger partial charge is 0.289 e. The second-order valence-electron chi connectivity index (χ2n) is 10.3. The predicted octanol–water partition coefficient (Wildman–Crippen LogP) is 9.18. The molecule has 0 saturated carbocycles. The Hall–Kier alpha value is -5.67. The van der Waals surface area contributed by atoms with Crippen molar-refractivity contribution in [3.8, 4) is 22.5 Å². The predicted molar refractivity (Wildman–Crippen MR) is 170 cm³/mol. The molecule has 198 valence electrons. The van der Waals surface area contributed by atoms with Gasteiger partial charge in [-0.3, -0.25) is 9.59 Å². The first-order chi connectivity index (χ1) is 20.7. The van der Waals surface area contributed by atoms with Gasteiger partial charge in [-0.2, -0.15) is 0 Å². The van der Waals surface area contributed by atoms with E-state index < -0.39 is 0 Å². The minimum absolute atomic E-state index is 0.182. The van der Waals surface area contributed by atoms with E-state index in [-0.39, 0.29) is 11.6 Å². The van der Waals surface area contributed by atoms with E-state index in [4.69, 9.17) is 4.98 Å². The van der Waals surface area contributed by atoms with Gasteiger partial charge >= 0.3 is 0 Å². The molecule has 0 saturated heterocycles. The lowest BCUT2D eigenvalue weighted by molar-refractivity contribution is 0.103. The van der Waals surface area contributed by atoms with Crippen LogP contribution in [0.5, 0.6) is 0 Å². The summed E-state index contributed by atoms with van der Waals surface area (Å²) in [6.07, 6.45) is 0. The van der Waals surface area contributed by atoms with Crippen LogP contribution in [0.15, 0.2) is 152 Å².